The van der Waals surface area contributed by atoms with E-state index in [1.807, 2.05) is 0 Å². The van der Waals surface area contributed by atoms with Crippen molar-refractivity contribution in [3.05, 3.63) is 28.8 Å². The predicted molar refractivity (Wildman–Crippen MR) is 112 cm³/mol. The molecule has 0 heterocycles. The molecule has 0 radical (unpaired) electrons. The summed E-state index contributed by atoms with van der Waals surface area (Å²) < 4.78 is 5.51. The SMILES string of the molecule is C[C@H](N)COc1cc(Cl)ccc1C(=O)N[C@@H](CCC(N)=O)C(=O)N[C@H](C(=O)O)[C@@H](C)O. The summed E-state index contributed by atoms with van der Waals surface area (Å²) in [7, 11) is 0. The van der Waals surface area contributed by atoms with Crippen LogP contribution in [0.4, 0.5) is 0 Å². The monoisotopic (exact) mass is 458 g/mol. The maximum atomic E-state index is 12.8. The van der Waals surface area contributed by atoms with E-state index in [1.54, 1.807) is 6.92 Å². The minimum Gasteiger partial charge on any atom is -0.491 e. The van der Waals surface area contributed by atoms with Crippen LogP contribution in [0.5, 0.6) is 5.75 Å². The molecule has 31 heavy (non-hydrogen) atoms. The van der Waals surface area contributed by atoms with E-state index >= 15 is 0 Å². The van der Waals surface area contributed by atoms with Gasteiger partial charge in [0.2, 0.25) is 11.8 Å². The zero-order valence-corrected chi connectivity index (χ0v) is 17.9. The van der Waals surface area contributed by atoms with E-state index in [0.717, 1.165) is 0 Å². The molecule has 1 aromatic rings. The number of ether oxygens (including phenoxy) is 1. The Morgan fingerprint density at radius 2 is 1.84 bits per heavy atom. The summed E-state index contributed by atoms with van der Waals surface area (Å²) in [6, 6.07) is 0.996. The van der Waals surface area contributed by atoms with Crippen molar-refractivity contribution in [3.63, 3.8) is 0 Å². The van der Waals surface area contributed by atoms with Gasteiger partial charge in [-0.3, -0.25) is 14.4 Å². The molecule has 0 saturated carbocycles. The third kappa shape index (κ3) is 8.79. The largest absolute Gasteiger partial charge is 0.491 e. The Bertz CT molecular complexity index is 816. The normalized spacial score (nSPS) is 14.6. The molecule has 3 amide bonds. The van der Waals surface area contributed by atoms with Crippen LogP contribution in [-0.2, 0) is 14.4 Å². The molecule has 0 unspecified atom stereocenters. The van der Waals surface area contributed by atoms with Crippen molar-refractivity contribution in [2.45, 2.75) is 50.9 Å². The van der Waals surface area contributed by atoms with Crippen LogP contribution < -0.4 is 26.8 Å². The van der Waals surface area contributed by atoms with Crippen LogP contribution in [-0.4, -0.2) is 64.7 Å². The summed E-state index contributed by atoms with van der Waals surface area (Å²) in [6.07, 6.45) is -1.84. The van der Waals surface area contributed by atoms with Gasteiger partial charge in [0.1, 0.15) is 18.4 Å². The highest BCUT2D eigenvalue weighted by Gasteiger charge is 2.30. The number of halogens is 1. The number of aliphatic carboxylic acids is 1. The zero-order chi connectivity index (χ0) is 23.7. The zero-order valence-electron chi connectivity index (χ0n) is 17.1. The van der Waals surface area contributed by atoms with E-state index in [0.29, 0.717) is 5.02 Å². The van der Waals surface area contributed by atoms with E-state index in [2.05, 4.69) is 10.6 Å². The van der Waals surface area contributed by atoms with Gasteiger partial charge in [0.25, 0.3) is 5.91 Å². The molecule has 0 aliphatic carbocycles. The van der Waals surface area contributed by atoms with Gasteiger partial charge in [-0.15, -0.1) is 0 Å². The molecule has 0 saturated heterocycles. The number of carboxylic acids is 1. The molecule has 0 aromatic heterocycles. The van der Waals surface area contributed by atoms with Crippen LogP contribution in [0.3, 0.4) is 0 Å². The lowest BCUT2D eigenvalue weighted by Crippen LogP contribution is -2.54. The minimum atomic E-state index is -1.61. The number of benzene rings is 1. The van der Waals surface area contributed by atoms with Crippen LogP contribution in [0.1, 0.15) is 37.0 Å². The highest BCUT2D eigenvalue weighted by atomic mass is 35.5. The van der Waals surface area contributed by atoms with Gasteiger partial charge in [0.15, 0.2) is 6.04 Å². The second-order valence-corrected chi connectivity index (χ2v) is 7.46. The highest BCUT2D eigenvalue weighted by Crippen LogP contribution is 2.24. The van der Waals surface area contributed by atoms with Crippen LogP contribution in [0.15, 0.2) is 18.2 Å². The summed E-state index contributed by atoms with van der Waals surface area (Å²) in [4.78, 5) is 47.8. The predicted octanol–water partition coefficient (Wildman–Crippen LogP) is -0.620. The van der Waals surface area contributed by atoms with Gasteiger partial charge in [-0.2, -0.15) is 0 Å². The Morgan fingerprint density at radius 1 is 1.19 bits per heavy atom. The van der Waals surface area contributed by atoms with Crippen LogP contribution in [0.2, 0.25) is 5.02 Å². The smallest absolute Gasteiger partial charge is 0.328 e. The first kappa shape index (κ1) is 26.1. The van der Waals surface area contributed by atoms with Gasteiger partial charge in [-0.1, -0.05) is 11.6 Å². The number of primary amides is 1. The molecular weight excluding hydrogens is 432 g/mol. The quantitative estimate of drug-likeness (QED) is 0.238. The van der Waals surface area contributed by atoms with Crippen molar-refractivity contribution in [2.75, 3.05) is 6.61 Å². The fourth-order valence-corrected chi connectivity index (χ4v) is 2.62. The molecule has 0 bridgehead atoms. The number of carbonyl (C=O) groups excluding carboxylic acids is 3. The Hall–Kier alpha value is -2.89. The number of nitrogens with one attached hydrogen (secondary N) is 2. The average Bonchev–Trinajstić information content (AvgIpc) is 2.66. The Balaban J connectivity index is 3.09. The van der Waals surface area contributed by atoms with Crippen LogP contribution in [0.25, 0.3) is 0 Å². The van der Waals surface area contributed by atoms with Crippen LogP contribution >= 0.6 is 11.6 Å². The van der Waals surface area contributed by atoms with Crippen LogP contribution in [0, 0.1) is 0 Å². The number of hydrogen-bond acceptors (Lipinski definition) is 7. The van der Waals surface area contributed by atoms with Crippen molar-refractivity contribution >= 4 is 35.3 Å². The summed E-state index contributed by atoms with van der Waals surface area (Å²) in [5.74, 6) is -3.69. The summed E-state index contributed by atoms with van der Waals surface area (Å²) in [5.41, 5.74) is 10.8. The van der Waals surface area contributed by atoms with E-state index in [4.69, 9.17) is 32.9 Å². The molecule has 0 aliphatic heterocycles. The van der Waals surface area contributed by atoms with Crippen molar-refractivity contribution in [2.24, 2.45) is 11.5 Å². The van der Waals surface area contributed by atoms with Gasteiger partial charge < -0.3 is 37.1 Å². The van der Waals surface area contributed by atoms with Crippen molar-refractivity contribution < 1.29 is 34.1 Å². The van der Waals surface area contributed by atoms with Gasteiger partial charge in [0.05, 0.1) is 11.7 Å². The number of aliphatic hydroxyl groups excluding tert-OH is 1. The Morgan fingerprint density at radius 3 is 2.35 bits per heavy atom. The third-order valence-corrected chi connectivity index (χ3v) is 4.27. The van der Waals surface area contributed by atoms with Crippen molar-refractivity contribution in [1.29, 1.82) is 0 Å². The van der Waals surface area contributed by atoms with E-state index in [1.165, 1.54) is 25.1 Å². The number of carbonyl (C=O) groups is 4. The molecule has 172 valence electrons. The van der Waals surface area contributed by atoms with Crippen molar-refractivity contribution in [3.8, 4) is 5.75 Å². The second kappa shape index (κ2) is 12.1. The molecule has 1 rings (SSSR count). The highest BCUT2D eigenvalue weighted by molar-refractivity contribution is 6.30. The molecule has 0 aliphatic rings. The molecule has 0 fully saturated rings. The first-order valence-corrected chi connectivity index (χ1v) is 9.78. The van der Waals surface area contributed by atoms with E-state index in [9.17, 15) is 24.3 Å². The lowest BCUT2D eigenvalue weighted by atomic mass is 10.1. The minimum absolute atomic E-state index is 0.0484. The van der Waals surface area contributed by atoms with E-state index < -0.39 is 41.9 Å². The standard InChI is InChI=1S/C19H27ClN4O7/c1-9(21)8-31-14-7-11(20)3-4-12(14)17(27)23-13(5-6-15(22)26)18(28)24-16(10(2)25)19(29)30/h3-4,7,9-10,13,16,25H,5-6,8,21H2,1-2H3,(H2,22,26)(H,23,27)(H,24,28)(H,29,30)/t9-,10+,13-,16-/m0/s1. The Labute approximate surface area is 184 Å². The molecule has 8 N–H and O–H groups in total. The number of rotatable bonds is 12. The lowest BCUT2D eigenvalue weighted by Gasteiger charge is -2.23. The third-order valence-electron chi connectivity index (χ3n) is 4.04. The average molecular weight is 459 g/mol. The number of carboxylic acid groups (broad SMARTS) is 1. The molecule has 1 aromatic carbocycles. The van der Waals surface area contributed by atoms with Gasteiger partial charge >= 0.3 is 5.97 Å². The topological polar surface area (TPSA) is 194 Å². The first-order valence-electron chi connectivity index (χ1n) is 9.40. The Kier molecular flexibility index (Phi) is 10.2. The molecule has 0 spiro atoms. The number of hydrogen-bond donors (Lipinski definition) is 6. The molecule has 4 atom stereocenters. The summed E-state index contributed by atoms with van der Waals surface area (Å²) in [5, 5.41) is 23.6. The van der Waals surface area contributed by atoms with Gasteiger partial charge in [-0.25, -0.2) is 4.79 Å². The molecule has 11 nitrogen and oxygen atoms in total. The molecule has 12 heteroatoms. The maximum absolute atomic E-state index is 12.8. The number of amides is 3. The van der Waals surface area contributed by atoms with Gasteiger partial charge in [0, 0.05) is 17.5 Å². The fourth-order valence-electron chi connectivity index (χ4n) is 2.46. The maximum Gasteiger partial charge on any atom is 0.328 e. The van der Waals surface area contributed by atoms with Gasteiger partial charge in [-0.05, 0) is 38.5 Å². The first-order chi connectivity index (χ1) is 14.4. The summed E-state index contributed by atoms with van der Waals surface area (Å²) >= 11 is 5.96. The summed E-state index contributed by atoms with van der Waals surface area (Å²) in [6.45, 7) is 2.99. The fraction of sp³-hybridized carbons (Fsp3) is 0.474. The number of nitrogens with two attached hydrogens (primary N) is 2. The van der Waals surface area contributed by atoms with E-state index in [-0.39, 0.29) is 36.8 Å². The lowest BCUT2D eigenvalue weighted by molar-refractivity contribution is -0.145. The number of aliphatic hydroxyl groups is 1. The second-order valence-electron chi connectivity index (χ2n) is 7.02. The molecular formula is C19H27ClN4O7. The van der Waals surface area contributed by atoms with Crippen molar-refractivity contribution in [1.82, 2.24) is 10.6 Å².